The molecule has 0 aromatic carbocycles. The predicted molar refractivity (Wildman–Crippen MR) is 77.1 cm³/mol. The van der Waals surface area contributed by atoms with Crippen molar-refractivity contribution in [3.05, 3.63) is 45.7 Å². The number of rotatable bonds is 2. The fraction of sp³-hybridized carbons (Fsp3) is 0.143. The first-order chi connectivity index (χ1) is 9.61. The van der Waals surface area contributed by atoms with Crippen molar-refractivity contribution in [3.8, 4) is 11.8 Å². The first kappa shape index (κ1) is 14.2. The summed E-state index contributed by atoms with van der Waals surface area (Å²) in [7, 11) is 0. The molecule has 0 fully saturated rings. The molecule has 102 valence electrons. The highest BCUT2D eigenvalue weighted by Crippen LogP contribution is 2.22. The normalized spacial score (nSPS) is 9.75. The maximum absolute atomic E-state index is 13.4. The summed E-state index contributed by atoms with van der Waals surface area (Å²) in [4.78, 5) is 16.9. The van der Waals surface area contributed by atoms with Gasteiger partial charge in [0.2, 0.25) is 0 Å². The summed E-state index contributed by atoms with van der Waals surface area (Å²) >= 11 is 1.25. The van der Waals surface area contributed by atoms with Crippen LogP contribution < -0.4 is 11.1 Å². The summed E-state index contributed by atoms with van der Waals surface area (Å²) in [6, 6.07) is 3.13. The Hall–Kier alpha value is -2.23. The first-order valence-corrected chi connectivity index (χ1v) is 6.63. The number of thiophene rings is 1. The van der Waals surface area contributed by atoms with E-state index in [2.05, 4.69) is 22.1 Å². The van der Waals surface area contributed by atoms with Gasteiger partial charge in [-0.1, -0.05) is 11.8 Å². The number of halogens is 1. The molecular formula is C14H12FN3OS. The van der Waals surface area contributed by atoms with Crippen LogP contribution in [-0.2, 0) is 0 Å². The van der Waals surface area contributed by atoms with E-state index in [4.69, 9.17) is 5.73 Å². The molecule has 20 heavy (non-hydrogen) atoms. The lowest BCUT2D eigenvalue weighted by Crippen LogP contribution is -2.11. The third-order valence-corrected chi connectivity index (χ3v) is 3.62. The highest BCUT2D eigenvalue weighted by Gasteiger charge is 2.13. The summed E-state index contributed by atoms with van der Waals surface area (Å²) in [6.45, 7) is 2.13. The molecule has 0 unspecified atom stereocenters. The van der Waals surface area contributed by atoms with Gasteiger partial charge >= 0.3 is 0 Å². The van der Waals surface area contributed by atoms with Gasteiger partial charge in [-0.15, -0.1) is 11.3 Å². The number of hydrogen-bond acceptors (Lipinski definition) is 4. The number of carbonyl (C=O) groups is 1. The van der Waals surface area contributed by atoms with Gasteiger partial charge in [0.15, 0.2) is 5.82 Å². The van der Waals surface area contributed by atoms with E-state index in [9.17, 15) is 9.18 Å². The highest BCUT2D eigenvalue weighted by atomic mass is 32.1. The van der Waals surface area contributed by atoms with Gasteiger partial charge in [-0.2, -0.15) is 0 Å². The summed E-state index contributed by atoms with van der Waals surface area (Å²) in [6.07, 6.45) is 2.46. The lowest BCUT2D eigenvalue weighted by Gasteiger charge is -2.03. The Labute approximate surface area is 119 Å². The fourth-order valence-electron chi connectivity index (χ4n) is 1.51. The van der Waals surface area contributed by atoms with Gasteiger partial charge in [0.1, 0.15) is 0 Å². The van der Waals surface area contributed by atoms with E-state index in [0.29, 0.717) is 4.88 Å². The first-order valence-electron chi connectivity index (χ1n) is 5.82. The van der Waals surface area contributed by atoms with Crippen LogP contribution in [0.25, 0.3) is 0 Å². The van der Waals surface area contributed by atoms with E-state index in [0.717, 1.165) is 16.6 Å². The summed E-state index contributed by atoms with van der Waals surface area (Å²) in [5.74, 6) is 4.70. The average molecular weight is 289 g/mol. The largest absolute Gasteiger partial charge is 0.320 e. The third kappa shape index (κ3) is 3.20. The molecule has 1 amide bonds. The molecule has 6 heteroatoms. The van der Waals surface area contributed by atoms with Crippen LogP contribution >= 0.6 is 11.3 Å². The number of aromatic nitrogens is 1. The Kier molecular flexibility index (Phi) is 4.45. The number of nitrogens with one attached hydrogen (secondary N) is 1. The highest BCUT2D eigenvalue weighted by molar-refractivity contribution is 7.14. The van der Waals surface area contributed by atoms with Crippen molar-refractivity contribution in [1.82, 2.24) is 4.98 Å². The maximum Gasteiger partial charge on any atom is 0.265 e. The smallest absolute Gasteiger partial charge is 0.265 e. The number of amides is 1. The van der Waals surface area contributed by atoms with Crippen LogP contribution in [0, 0.1) is 24.6 Å². The molecule has 3 N–H and O–H groups in total. The fourth-order valence-corrected chi connectivity index (χ4v) is 2.45. The van der Waals surface area contributed by atoms with E-state index >= 15 is 0 Å². The third-order valence-electron chi connectivity index (χ3n) is 2.47. The van der Waals surface area contributed by atoms with Gasteiger partial charge in [0.25, 0.3) is 5.91 Å². The average Bonchev–Trinajstić information content (AvgIpc) is 2.80. The van der Waals surface area contributed by atoms with Crippen molar-refractivity contribution in [1.29, 1.82) is 0 Å². The van der Waals surface area contributed by atoms with Crippen molar-refractivity contribution in [3.63, 3.8) is 0 Å². The van der Waals surface area contributed by atoms with E-state index in [1.165, 1.54) is 23.6 Å². The lowest BCUT2D eigenvalue weighted by molar-refractivity contribution is 0.103. The molecule has 0 aliphatic rings. The van der Waals surface area contributed by atoms with Gasteiger partial charge < -0.3 is 11.1 Å². The van der Waals surface area contributed by atoms with Crippen LogP contribution in [0.3, 0.4) is 0 Å². The van der Waals surface area contributed by atoms with Crippen LogP contribution in [0.1, 0.15) is 20.1 Å². The maximum atomic E-state index is 13.4. The van der Waals surface area contributed by atoms with Crippen LogP contribution in [0.15, 0.2) is 24.5 Å². The van der Waals surface area contributed by atoms with Crippen LogP contribution in [0.4, 0.5) is 10.1 Å². The van der Waals surface area contributed by atoms with Crippen molar-refractivity contribution in [2.24, 2.45) is 5.73 Å². The van der Waals surface area contributed by atoms with Crippen molar-refractivity contribution in [2.75, 3.05) is 11.9 Å². The van der Waals surface area contributed by atoms with Crippen LogP contribution in [0.2, 0.25) is 0 Å². The molecule has 4 nitrogen and oxygen atoms in total. The van der Waals surface area contributed by atoms with Crippen LogP contribution in [0.5, 0.6) is 0 Å². The zero-order valence-electron chi connectivity index (χ0n) is 10.7. The summed E-state index contributed by atoms with van der Waals surface area (Å²) in [5, 5.41) is 2.51. The number of pyridine rings is 1. The number of hydrogen-bond donors (Lipinski definition) is 2. The minimum absolute atomic E-state index is 0.102. The van der Waals surface area contributed by atoms with Crippen molar-refractivity contribution >= 4 is 22.9 Å². The second-order valence-electron chi connectivity index (χ2n) is 3.94. The van der Waals surface area contributed by atoms with E-state index < -0.39 is 5.82 Å². The van der Waals surface area contributed by atoms with Crippen LogP contribution in [-0.4, -0.2) is 17.4 Å². The Bertz CT molecular complexity index is 700. The number of aryl methyl sites for hydroxylation is 1. The molecule has 0 bridgehead atoms. The Balaban J connectivity index is 2.20. The molecule has 0 radical (unpaired) electrons. The number of carbonyl (C=O) groups excluding carboxylic acids is 1. The van der Waals surface area contributed by atoms with Gasteiger partial charge in [-0.25, -0.2) is 4.39 Å². The molecule has 2 heterocycles. The van der Waals surface area contributed by atoms with Gasteiger partial charge in [0, 0.05) is 6.20 Å². The minimum atomic E-state index is -0.572. The number of nitrogens with two attached hydrogens (primary N) is 1. The molecule has 0 aliphatic heterocycles. The second-order valence-corrected chi connectivity index (χ2v) is 4.99. The summed E-state index contributed by atoms with van der Waals surface area (Å²) < 4.78 is 13.4. The van der Waals surface area contributed by atoms with Gasteiger partial charge in [-0.3, -0.25) is 9.78 Å². The molecule has 0 saturated heterocycles. The molecule has 2 aromatic heterocycles. The van der Waals surface area contributed by atoms with E-state index in [1.54, 1.807) is 6.07 Å². The zero-order valence-corrected chi connectivity index (χ0v) is 11.6. The van der Waals surface area contributed by atoms with Gasteiger partial charge in [-0.05, 0) is 24.6 Å². The molecule has 0 spiro atoms. The standard InChI is InChI=1S/C14H12FN3OS/c1-9-7-13(20-12(9)3-2-5-16)14(19)18-11-4-6-17-8-10(11)15/h4,6-8H,5,16H2,1H3,(H,17,18,19). The monoisotopic (exact) mass is 289 g/mol. The lowest BCUT2D eigenvalue weighted by atomic mass is 10.2. The molecule has 2 rings (SSSR count). The number of nitrogens with zero attached hydrogens (tertiary/aromatic N) is 1. The predicted octanol–water partition coefficient (Wildman–Crippen LogP) is 2.15. The molecule has 2 aromatic rings. The van der Waals surface area contributed by atoms with E-state index in [-0.39, 0.29) is 18.1 Å². The minimum Gasteiger partial charge on any atom is -0.320 e. The second kappa shape index (κ2) is 6.28. The quantitative estimate of drug-likeness (QED) is 0.832. The van der Waals surface area contributed by atoms with Gasteiger partial charge in [0.05, 0.1) is 28.2 Å². The summed E-state index contributed by atoms with van der Waals surface area (Å²) in [5.41, 5.74) is 6.32. The Morgan fingerprint density at radius 3 is 3.10 bits per heavy atom. The topological polar surface area (TPSA) is 68.0 Å². The van der Waals surface area contributed by atoms with Crippen molar-refractivity contribution in [2.45, 2.75) is 6.92 Å². The Morgan fingerprint density at radius 2 is 2.40 bits per heavy atom. The van der Waals surface area contributed by atoms with Crippen molar-refractivity contribution < 1.29 is 9.18 Å². The Morgan fingerprint density at radius 1 is 1.60 bits per heavy atom. The molecule has 0 aliphatic carbocycles. The zero-order chi connectivity index (χ0) is 14.5. The molecular weight excluding hydrogens is 277 g/mol. The molecule has 0 saturated carbocycles. The SMILES string of the molecule is Cc1cc(C(=O)Nc2ccncc2F)sc1C#CCN. The number of anilines is 1. The van der Waals surface area contributed by atoms with E-state index in [1.807, 2.05) is 6.92 Å². The molecule has 0 atom stereocenters.